The minimum Gasteiger partial charge on any atom is -0.356 e. The second-order valence-electron chi connectivity index (χ2n) is 6.26. The van der Waals surface area contributed by atoms with Gasteiger partial charge in [-0.15, -0.1) is 0 Å². The van der Waals surface area contributed by atoms with E-state index in [0.29, 0.717) is 17.4 Å². The van der Waals surface area contributed by atoms with Gasteiger partial charge in [0.15, 0.2) is 15.8 Å². The second kappa shape index (κ2) is 8.91. The fraction of sp³-hybridized carbons (Fsp3) is 0.588. The van der Waals surface area contributed by atoms with Gasteiger partial charge in [-0.1, -0.05) is 26.0 Å². The molecule has 23 heavy (non-hydrogen) atoms. The van der Waals surface area contributed by atoms with Crippen molar-refractivity contribution >= 4 is 15.8 Å². The van der Waals surface area contributed by atoms with Crippen LogP contribution >= 0.6 is 0 Å². The van der Waals surface area contributed by atoms with E-state index < -0.39 is 9.84 Å². The fourth-order valence-electron chi connectivity index (χ4n) is 2.36. The van der Waals surface area contributed by atoms with Gasteiger partial charge < -0.3 is 10.6 Å². The highest BCUT2D eigenvalue weighted by molar-refractivity contribution is 7.90. The van der Waals surface area contributed by atoms with Gasteiger partial charge in [0.2, 0.25) is 0 Å². The predicted molar refractivity (Wildman–Crippen MR) is 96.6 cm³/mol. The molecule has 1 aromatic rings. The summed E-state index contributed by atoms with van der Waals surface area (Å²) in [6.45, 7) is 7.75. The Bertz CT molecular complexity index is 637. The molecule has 0 aliphatic heterocycles. The van der Waals surface area contributed by atoms with Crippen molar-refractivity contribution in [2.24, 2.45) is 10.9 Å². The molecule has 0 bridgehead atoms. The molecule has 0 fully saturated rings. The minimum atomic E-state index is -3.16. The molecule has 5 nitrogen and oxygen atoms in total. The zero-order chi connectivity index (χ0) is 17.5. The highest BCUT2D eigenvalue weighted by Gasteiger charge is 2.10. The lowest BCUT2D eigenvalue weighted by atomic mass is 10.1. The van der Waals surface area contributed by atoms with E-state index in [9.17, 15) is 8.42 Å². The van der Waals surface area contributed by atoms with Gasteiger partial charge in [-0.2, -0.15) is 0 Å². The first kappa shape index (κ1) is 19.5. The summed E-state index contributed by atoms with van der Waals surface area (Å²) in [6, 6.07) is 5.40. The van der Waals surface area contributed by atoms with Crippen LogP contribution in [0, 0.1) is 12.8 Å². The molecule has 0 saturated carbocycles. The Labute approximate surface area is 140 Å². The van der Waals surface area contributed by atoms with Crippen LogP contribution in [0.15, 0.2) is 28.1 Å². The van der Waals surface area contributed by atoms with Crippen molar-refractivity contribution in [2.75, 3.05) is 19.8 Å². The summed E-state index contributed by atoms with van der Waals surface area (Å²) in [5, 5.41) is 6.54. The third kappa shape index (κ3) is 7.03. The van der Waals surface area contributed by atoms with Gasteiger partial charge in [-0.3, -0.25) is 4.99 Å². The molecule has 0 spiro atoms. The Kier molecular flexibility index (Phi) is 7.55. The maximum absolute atomic E-state index is 11.6. The number of sulfone groups is 1. The Morgan fingerprint density at radius 2 is 1.96 bits per heavy atom. The van der Waals surface area contributed by atoms with Crippen molar-refractivity contribution in [3.8, 4) is 0 Å². The monoisotopic (exact) mass is 339 g/mol. The first-order valence-corrected chi connectivity index (χ1v) is 9.87. The molecule has 2 N–H and O–H groups in total. The lowest BCUT2D eigenvalue weighted by Crippen LogP contribution is -2.37. The number of hydrogen-bond donors (Lipinski definition) is 2. The minimum absolute atomic E-state index is 0.387. The van der Waals surface area contributed by atoms with Crippen molar-refractivity contribution in [3.05, 3.63) is 29.3 Å². The van der Waals surface area contributed by atoms with E-state index in [2.05, 4.69) is 29.5 Å². The third-order valence-electron chi connectivity index (χ3n) is 3.57. The lowest BCUT2D eigenvalue weighted by molar-refractivity contribution is 0.549. The van der Waals surface area contributed by atoms with Gasteiger partial charge in [0.05, 0.1) is 4.90 Å². The molecular weight excluding hydrogens is 310 g/mol. The molecule has 0 atom stereocenters. The standard InChI is InChI=1S/C17H29N3O2S/c1-13(2)7-6-10-19-17(18-4)20-12-15-8-9-16(14(3)11-15)23(5,21)22/h8-9,11,13H,6-7,10,12H2,1-5H3,(H2,18,19,20). The first-order chi connectivity index (χ1) is 10.7. The molecule has 1 rings (SSSR count). The normalized spacial score (nSPS) is 12.5. The molecule has 0 heterocycles. The Morgan fingerprint density at radius 3 is 2.48 bits per heavy atom. The predicted octanol–water partition coefficient (Wildman–Crippen LogP) is 2.50. The molecule has 0 aliphatic rings. The lowest BCUT2D eigenvalue weighted by Gasteiger charge is -2.13. The summed E-state index contributed by atoms with van der Waals surface area (Å²) in [4.78, 5) is 4.58. The molecule has 0 amide bonds. The molecule has 1 aromatic carbocycles. The summed E-state index contributed by atoms with van der Waals surface area (Å²) < 4.78 is 23.3. The number of guanidine groups is 1. The van der Waals surface area contributed by atoms with E-state index in [-0.39, 0.29) is 0 Å². The molecular formula is C17H29N3O2S. The van der Waals surface area contributed by atoms with Gasteiger partial charge in [0, 0.05) is 26.4 Å². The fourth-order valence-corrected chi connectivity index (χ4v) is 3.32. The molecule has 0 aromatic heterocycles. The Hall–Kier alpha value is -1.56. The van der Waals surface area contributed by atoms with E-state index in [1.165, 1.54) is 12.7 Å². The largest absolute Gasteiger partial charge is 0.356 e. The van der Waals surface area contributed by atoms with Gasteiger partial charge in [0.1, 0.15) is 0 Å². The van der Waals surface area contributed by atoms with E-state index in [1.807, 2.05) is 19.1 Å². The van der Waals surface area contributed by atoms with Gasteiger partial charge in [-0.05, 0) is 42.9 Å². The van der Waals surface area contributed by atoms with Crippen LogP contribution in [0.2, 0.25) is 0 Å². The van der Waals surface area contributed by atoms with Gasteiger partial charge >= 0.3 is 0 Å². The summed E-state index contributed by atoms with van der Waals surface area (Å²) in [5.74, 6) is 1.47. The Morgan fingerprint density at radius 1 is 1.26 bits per heavy atom. The summed E-state index contributed by atoms with van der Waals surface area (Å²) >= 11 is 0. The molecule has 130 valence electrons. The summed E-state index contributed by atoms with van der Waals surface area (Å²) in [5.41, 5.74) is 1.80. The average molecular weight is 340 g/mol. The average Bonchev–Trinajstić information content (AvgIpc) is 2.45. The number of benzene rings is 1. The highest BCUT2D eigenvalue weighted by atomic mass is 32.2. The first-order valence-electron chi connectivity index (χ1n) is 7.98. The van der Waals surface area contributed by atoms with Gasteiger partial charge in [-0.25, -0.2) is 8.42 Å². The molecule has 0 saturated heterocycles. The topological polar surface area (TPSA) is 70.6 Å². The van der Waals surface area contributed by atoms with Crippen LogP contribution in [0.1, 0.15) is 37.8 Å². The molecule has 0 radical (unpaired) electrons. The number of aliphatic imine (C=N–C) groups is 1. The van der Waals surface area contributed by atoms with Crippen molar-refractivity contribution in [1.82, 2.24) is 10.6 Å². The number of nitrogens with zero attached hydrogens (tertiary/aromatic N) is 1. The number of aryl methyl sites for hydroxylation is 1. The van der Waals surface area contributed by atoms with E-state index in [4.69, 9.17) is 0 Å². The van der Waals surface area contributed by atoms with E-state index >= 15 is 0 Å². The SMILES string of the molecule is CN=C(NCCCC(C)C)NCc1ccc(S(C)(=O)=O)c(C)c1. The quantitative estimate of drug-likeness (QED) is 0.455. The Balaban J connectivity index is 2.55. The van der Waals surface area contributed by atoms with Crippen molar-refractivity contribution < 1.29 is 8.42 Å². The van der Waals surface area contributed by atoms with Crippen molar-refractivity contribution in [1.29, 1.82) is 0 Å². The zero-order valence-electron chi connectivity index (χ0n) is 14.8. The maximum Gasteiger partial charge on any atom is 0.191 e. The van der Waals surface area contributed by atoms with Crippen LogP contribution in [0.5, 0.6) is 0 Å². The number of rotatable bonds is 7. The third-order valence-corrected chi connectivity index (χ3v) is 4.83. The second-order valence-corrected chi connectivity index (χ2v) is 8.24. The molecule has 0 aliphatic carbocycles. The van der Waals surface area contributed by atoms with E-state index in [1.54, 1.807) is 13.1 Å². The van der Waals surface area contributed by atoms with Crippen LogP contribution in [0.25, 0.3) is 0 Å². The van der Waals surface area contributed by atoms with Crippen molar-refractivity contribution in [3.63, 3.8) is 0 Å². The smallest absolute Gasteiger partial charge is 0.191 e. The number of nitrogens with one attached hydrogen (secondary N) is 2. The van der Waals surface area contributed by atoms with Gasteiger partial charge in [0.25, 0.3) is 0 Å². The van der Waals surface area contributed by atoms with Crippen LogP contribution < -0.4 is 10.6 Å². The summed E-state index contributed by atoms with van der Waals surface area (Å²) in [6.07, 6.45) is 3.53. The van der Waals surface area contributed by atoms with Crippen molar-refractivity contribution in [2.45, 2.75) is 45.1 Å². The zero-order valence-corrected chi connectivity index (χ0v) is 15.6. The molecule has 0 unspecified atom stereocenters. The highest BCUT2D eigenvalue weighted by Crippen LogP contribution is 2.16. The van der Waals surface area contributed by atoms with E-state index in [0.717, 1.165) is 30.1 Å². The van der Waals surface area contributed by atoms with Crippen LogP contribution in [0.3, 0.4) is 0 Å². The molecule has 6 heteroatoms. The number of hydrogen-bond acceptors (Lipinski definition) is 3. The van der Waals surface area contributed by atoms with Crippen LogP contribution in [-0.2, 0) is 16.4 Å². The summed E-state index contributed by atoms with van der Waals surface area (Å²) in [7, 11) is -1.42. The maximum atomic E-state index is 11.6. The van der Waals surface area contributed by atoms with Crippen LogP contribution in [0.4, 0.5) is 0 Å². The van der Waals surface area contributed by atoms with Crippen LogP contribution in [-0.4, -0.2) is 34.2 Å².